The molecule has 0 unspecified atom stereocenters. The number of halogens is 1. The van der Waals surface area contributed by atoms with Gasteiger partial charge in [-0.1, -0.05) is 17.7 Å². The van der Waals surface area contributed by atoms with Crippen LogP contribution in [0.25, 0.3) is 0 Å². The summed E-state index contributed by atoms with van der Waals surface area (Å²) in [6.07, 6.45) is 1.47. The minimum Gasteiger partial charge on any atom is -0.487 e. The monoisotopic (exact) mass is 360 g/mol. The number of aryl methyl sites for hydroxylation is 1. The van der Waals surface area contributed by atoms with E-state index < -0.39 is 0 Å². The van der Waals surface area contributed by atoms with Crippen LogP contribution in [-0.2, 0) is 6.61 Å². The van der Waals surface area contributed by atoms with Gasteiger partial charge in [0.2, 0.25) is 0 Å². The molecule has 3 aromatic rings. The van der Waals surface area contributed by atoms with E-state index in [1.165, 1.54) is 6.20 Å². The summed E-state index contributed by atoms with van der Waals surface area (Å²) in [5.74, 6) is 0.737. The van der Waals surface area contributed by atoms with Crippen molar-refractivity contribution in [3.05, 3.63) is 64.6 Å². The van der Waals surface area contributed by atoms with Crippen LogP contribution in [0.1, 0.15) is 21.7 Å². The lowest BCUT2D eigenvalue weighted by Crippen LogP contribution is -2.13. The summed E-state index contributed by atoms with van der Waals surface area (Å²) >= 11 is 6.92. The lowest BCUT2D eigenvalue weighted by Gasteiger charge is -2.08. The Hall–Kier alpha value is -2.51. The number of anilines is 1. The van der Waals surface area contributed by atoms with Crippen molar-refractivity contribution in [2.45, 2.75) is 13.5 Å². The lowest BCUT2D eigenvalue weighted by molar-refractivity contribution is 0.102. The van der Waals surface area contributed by atoms with Crippen molar-refractivity contribution in [2.24, 2.45) is 0 Å². The Labute approximate surface area is 147 Å². The third kappa shape index (κ3) is 4.06. The summed E-state index contributed by atoms with van der Waals surface area (Å²) < 4.78 is 13.9. The van der Waals surface area contributed by atoms with Gasteiger partial charge in [0.25, 0.3) is 5.91 Å². The van der Waals surface area contributed by atoms with Crippen molar-refractivity contribution in [2.75, 3.05) is 5.32 Å². The van der Waals surface area contributed by atoms with Gasteiger partial charge in [-0.3, -0.25) is 4.79 Å². The van der Waals surface area contributed by atoms with E-state index in [-0.39, 0.29) is 5.91 Å². The van der Waals surface area contributed by atoms with E-state index in [2.05, 4.69) is 19.0 Å². The SMILES string of the molecule is Cc1nsnc1COc1cccc(C(=O)Nc2ccc(Cl)cn2)c1. The zero-order valence-electron chi connectivity index (χ0n) is 12.7. The summed E-state index contributed by atoms with van der Waals surface area (Å²) in [7, 11) is 0. The molecule has 0 saturated heterocycles. The quantitative estimate of drug-likeness (QED) is 0.750. The highest BCUT2D eigenvalue weighted by molar-refractivity contribution is 6.99. The van der Waals surface area contributed by atoms with Crippen LogP contribution in [-0.4, -0.2) is 19.6 Å². The predicted octanol–water partition coefficient (Wildman–Crippen LogP) is 3.73. The molecule has 24 heavy (non-hydrogen) atoms. The lowest BCUT2D eigenvalue weighted by atomic mass is 10.2. The highest BCUT2D eigenvalue weighted by Crippen LogP contribution is 2.17. The molecule has 8 heteroatoms. The number of aromatic nitrogens is 3. The minimum atomic E-state index is -0.276. The van der Waals surface area contributed by atoms with Crippen molar-refractivity contribution in [3.63, 3.8) is 0 Å². The Morgan fingerprint density at radius 3 is 2.88 bits per heavy atom. The standard InChI is InChI=1S/C16H13ClN4O2S/c1-10-14(21-24-20-10)9-23-13-4-2-3-11(7-13)16(22)19-15-6-5-12(17)8-18-15/h2-8H,9H2,1H3,(H,18,19,22). The largest absolute Gasteiger partial charge is 0.487 e. The number of pyridine rings is 1. The average Bonchev–Trinajstić information content (AvgIpc) is 3.00. The first-order chi connectivity index (χ1) is 11.6. The Balaban J connectivity index is 1.66. The fourth-order valence-electron chi connectivity index (χ4n) is 1.90. The van der Waals surface area contributed by atoms with Crippen LogP contribution in [0.4, 0.5) is 5.82 Å². The molecule has 0 atom stereocenters. The maximum Gasteiger partial charge on any atom is 0.256 e. The number of hydrogen-bond acceptors (Lipinski definition) is 6. The summed E-state index contributed by atoms with van der Waals surface area (Å²) in [6, 6.07) is 10.2. The normalized spacial score (nSPS) is 10.4. The molecule has 0 aliphatic heterocycles. The van der Waals surface area contributed by atoms with Crippen molar-refractivity contribution < 1.29 is 9.53 Å². The molecule has 0 spiro atoms. The van der Waals surface area contributed by atoms with Crippen LogP contribution < -0.4 is 10.1 Å². The molecule has 0 radical (unpaired) electrons. The van der Waals surface area contributed by atoms with E-state index in [0.29, 0.717) is 28.8 Å². The number of ether oxygens (including phenoxy) is 1. The Morgan fingerprint density at radius 2 is 2.17 bits per heavy atom. The molecular weight excluding hydrogens is 348 g/mol. The molecule has 1 N–H and O–H groups in total. The van der Waals surface area contributed by atoms with Gasteiger partial charge >= 0.3 is 0 Å². The molecule has 0 aliphatic carbocycles. The molecule has 0 aliphatic rings. The van der Waals surface area contributed by atoms with E-state index in [1.54, 1.807) is 36.4 Å². The number of hydrogen-bond donors (Lipinski definition) is 1. The number of carbonyl (C=O) groups excluding carboxylic acids is 1. The second-order valence-corrected chi connectivity index (χ2v) is 5.89. The third-order valence-corrected chi connectivity index (χ3v) is 4.07. The summed E-state index contributed by atoms with van der Waals surface area (Å²) in [5, 5.41) is 3.22. The second-order valence-electron chi connectivity index (χ2n) is 4.93. The van der Waals surface area contributed by atoms with Gasteiger partial charge in [-0.05, 0) is 37.3 Å². The van der Waals surface area contributed by atoms with E-state index in [9.17, 15) is 4.79 Å². The van der Waals surface area contributed by atoms with Gasteiger partial charge in [0, 0.05) is 11.8 Å². The van der Waals surface area contributed by atoms with Crippen LogP contribution in [0.15, 0.2) is 42.6 Å². The zero-order valence-corrected chi connectivity index (χ0v) is 14.3. The van der Waals surface area contributed by atoms with Crippen molar-refractivity contribution in [3.8, 4) is 5.75 Å². The van der Waals surface area contributed by atoms with Gasteiger partial charge in [-0.2, -0.15) is 8.75 Å². The summed E-state index contributed by atoms with van der Waals surface area (Å²) in [5.41, 5.74) is 2.11. The van der Waals surface area contributed by atoms with Gasteiger partial charge in [-0.15, -0.1) is 0 Å². The fourth-order valence-corrected chi connectivity index (χ4v) is 2.56. The first kappa shape index (κ1) is 16.4. The molecule has 3 rings (SSSR count). The molecule has 1 aromatic carbocycles. The number of rotatable bonds is 5. The van der Waals surface area contributed by atoms with Crippen molar-refractivity contribution in [1.82, 2.24) is 13.7 Å². The minimum absolute atomic E-state index is 0.276. The number of benzene rings is 1. The van der Waals surface area contributed by atoms with E-state index in [1.807, 2.05) is 6.92 Å². The van der Waals surface area contributed by atoms with Gasteiger partial charge < -0.3 is 10.1 Å². The number of nitrogens with one attached hydrogen (secondary N) is 1. The van der Waals surface area contributed by atoms with Crippen molar-refractivity contribution in [1.29, 1.82) is 0 Å². The van der Waals surface area contributed by atoms with Crippen LogP contribution in [0.3, 0.4) is 0 Å². The van der Waals surface area contributed by atoms with Gasteiger partial charge in [0.15, 0.2) is 0 Å². The number of carbonyl (C=O) groups is 1. The van der Waals surface area contributed by atoms with Crippen LogP contribution >= 0.6 is 23.3 Å². The first-order valence-electron chi connectivity index (χ1n) is 7.05. The number of amides is 1. The third-order valence-electron chi connectivity index (χ3n) is 3.19. The average molecular weight is 361 g/mol. The first-order valence-corrected chi connectivity index (χ1v) is 8.16. The molecule has 2 aromatic heterocycles. The van der Waals surface area contributed by atoms with E-state index in [0.717, 1.165) is 23.1 Å². The van der Waals surface area contributed by atoms with Crippen LogP contribution in [0, 0.1) is 6.92 Å². The number of nitrogens with zero attached hydrogens (tertiary/aromatic N) is 3. The molecule has 0 bridgehead atoms. The highest BCUT2D eigenvalue weighted by atomic mass is 35.5. The summed E-state index contributed by atoms with van der Waals surface area (Å²) in [4.78, 5) is 16.3. The van der Waals surface area contributed by atoms with Gasteiger partial charge in [0.05, 0.1) is 22.4 Å². The molecular formula is C16H13ClN4O2S. The van der Waals surface area contributed by atoms with E-state index >= 15 is 0 Å². The maximum atomic E-state index is 12.3. The molecule has 1 amide bonds. The Kier molecular flexibility index (Phi) is 5.02. The van der Waals surface area contributed by atoms with Gasteiger partial charge in [0.1, 0.15) is 23.9 Å². The molecule has 6 nitrogen and oxygen atoms in total. The van der Waals surface area contributed by atoms with Gasteiger partial charge in [-0.25, -0.2) is 4.98 Å². The maximum absolute atomic E-state index is 12.3. The smallest absolute Gasteiger partial charge is 0.256 e. The second kappa shape index (κ2) is 7.37. The fraction of sp³-hybridized carbons (Fsp3) is 0.125. The summed E-state index contributed by atoms with van der Waals surface area (Å²) in [6.45, 7) is 2.19. The molecule has 0 fully saturated rings. The van der Waals surface area contributed by atoms with Crippen molar-refractivity contribution >= 4 is 35.1 Å². The predicted molar refractivity (Wildman–Crippen MR) is 92.6 cm³/mol. The van der Waals surface area contributed by atoms with E-state index in [4.69, 9.17) is 16.3 Å². The Morgan fingerprint density at radius 1 is 1.29 bits per heavy atom. The highest BCUT2D eigenvalue weighted by Gasteiger charge is 2.09. The molecule has 122 valence electrons. The molecule has 0 saturated carbocycles. The molecule has 2 heterocycles. The topological polar surface area (TPSA) is 77.0 Å². The Bertz CT molecular complexity index is 851. The van der Waals surface area contributed by atoms with Crippen LogP contribution in [0.2, 0.25) is 5.02 Å². The van der Waals surface area contributed by atoms with Crippen LogP contribution in [0.5, 0.6) is 5.75 Å². The zero-order chi connectivity index (χ0) is 16.9.